The normalized spacial score (nSPS) is 33.5. The fourth-order valence-corrected chi connectivity index (χ4v) is 4.68. The van der Waals surface area contributed by atoms with Crippen molar-refractivity contribution in [1.82, 2.24) is 5.32 Å². The fourth-order valence-electron chi connectivity index (χ4n) is 4.68. The Morgan fingerprint density at radius 2 is 1.67 bits per heavy atom. The second kappa shape index (κ2) is 4.79. The Morgan fingerprint density at radius 1 is 1.06 bits per heavy atom. The van der Waals surface area contributed by atoms with Crippen LogP contribution in [-0.4, -0.2) is 18.4 Å². The van der Waals surface area contributed by atoms with Gasteiger partial charge in [-0.2, -0.15) is 0 Å². The highest BCUT2D eigenvalue weighted by atomic mass is 16.5. The smallest absolute Gasteiger partial charge is 0.120 e. The monoisotopic (exact) mass is 253 g/mol. The molecule has 18 heavy (non-hydrogen) atoms. The second-order valence-electron chi connectivity index (χ2n) is 8.12. The molecule has 2 rings (SSSR count). The predicted octanol–water partition coefficient (Wildman–Crippen LogP) is 4.10. The number of hydrogen-bond acceptors (Lipinski definition) is 2. The van der Waals surface area contributed by atoms with Crippen molar-refractivity contribution in [3.63, 3.8) is 0 Å². The molecule has 1 N–H and O–H groups in total. The van der Waals surface area contributed by atoms with E-state index in [4.69, 9.17) is 4.74 Å². The Kier molecular flexibility index (Phi) is 3.81. The molecule has 1 unspecified atom stereocenters. The minimum absolute atomic E-state index is 0.0522. The molecule has 0 bridgehead atoms. The van der Waals surface area contributed by atoms with Gasteiger partial charge in [0.15, 0.2) is 0 Å². The summed E-state index contributed by atoms with van der Waals surface area (Å²) in [5, 5.41) is 3.86. The molecule has 0 aromatic carbocycles. The zero-order valence-electron chi connectivity index (χ0n) is 12.9. The molecule has 106 valence electrons. The van der Waals surface area contributed by atoms with Crippen molar-refractivity contribution in [2.24, 2.45) is 10.8 Å². The van der Waals surface area contributed by atoms with Gasteiger partial charge >= 0.3 is 0 Å². The van der Waals surface area contributed by atoms with Gasteiger partial charge in [0, 0.05) is 6.04 Å². The molecule has 0 amide bonds. The largest absolute Gasteiger partial charge is 0.361 e. The SMILES string of the molecule is CCCC1CCOC2(CC(C)(C)CC(C)(C)C2)N1. The molecule has 0 radical (unpaired) electrons. The van der Waals surface area contributed by atoms with Gasteiger partial charge in [-0.15, -0.1) is 0 Å². The lowest BCUT2D eigenvalue weighted by Crippen LogP contribution is -2.62. The lowest BCUT2D eigenvalue weighted by atomic mass is 9.61. The van der Waals surface area contributed by atoms with E-state index in [1.165, 1.54) is 25.7 Å². The van der Waals surface area contributed by atoms with Crippen molar-refractivity contribution >= 4 is 0 Å². The van der Waals surface area contributed by atoms with Crippen LogP contribution in [0.5, 0.6) is 0 Å². The van der Waals surface area contributed by atoms with E-state index in [1.54, 1.807) is 0 Å². The maximum atomic E-state index is 6.24. The van der Waals surface area contributed by atoms with Crippen LogP contribution in [0.3, 0.4) is 0 Å². The van der Waals surface area contributed by atoms with Gasteiger partial charge in [0.2, 0.25) is 0 Å². The van der Waals surface area contributed by atoms with E-state index in [-0.39, 0.29) is 5.72 Å². The molecule has 1 atom stereocenters. The van der Waals surface area contributed by atoms with Gasteiger partial charge in [0.05, 0.1) is 6.61 Å². The highest BCUT2D eigenvalue weighted by Gasteiger charge is 2.49. The molecule has 1 heterocycles. The average molecular weight is 253 g/mol. The number of nitrogens with one attached hydrogen (secondary N) is 1. The maximum absolute atomic E-state index is 6.24. The minimum atomic E-state index is -0.0522. The summed E-state index contributed by atoms with van der Waals surface area (Å²) in [6.45, 7) is 12.8. The Bertz CT molecular complexity index is 277. The molecule has 2 heteroatoms. The highest BCUT2D eigenvalue weighted by Crippen LogP contribution is 2.51. The molecule has 2 aliphatic rings. The van der Waals surface area contributed by atoms with Crippen molar-refractivity contribution < 1.29 is 4.74 Å². The van der Waals surface area contributed by atoms with Crippen molar-refractivity contribution in [3.05, 3.63) is 0 Å². The molecule has 0 aromatic heterocycles. The summed E-state index contributed by atoms with van der Waals surface area (Å²) < 4.78 is 6.24. The van der Waals surface area contributed by atoms with Crippen LogP contribution in [0.2, 0.25) is 0 Å². The summed E-state index contributed by atoms with van der Waals surface area (Å²) in [4.78, 5) is 0. The molecule has 2 nitrogen and oxygen atoms in total. The Balaban J connectivity index is 2.13. The van der Waals surface area contributed by atoms with Crippen molar-refractivity contribution in [2.45, 2.75) is 84.9 Å². The first-order valence-electron chi connectivity index (χ1n) is 7.68. The maximum Gasteiger partial charge on any atom is 0.120 e. The van der Waals surface area contributed by atoms with Crippen LogP contribution in [0.15, 0.2) is 0 Å². The van der Waals surface area contributed by atoms with Crippen LogP contribution in [0, 0.1) is 10.8 Å². The Labute approximate surface area is 113 Å². The van der Waals surface area contributed by atoms with Gasteiger partial charge in [-0.05, 0) is 42.9 Å². The van der Waals surface area contributed by atoms with E-state index < -0.39 is 0 Å². The minimum Gasteiger partial charge on any atom is -0.361 e. The van der Waals surface area contributed by atoms with Gasteiger partial charge < -0.3 is 4.74 Å². The van der Waals surface area contributed by atoms with Gasteiger partial charge in [-0.25, -0.2) is 0 Å². The van der Waals surface area contributed by atoms with E-state index in [1.807, 2.05) is 0 Å². The lowest BCUT2D eigenvalue weighted by molar-refractivity contribution is -0.177. The third-order valence-corrected chi connectivity index (χ3v) is 4.43. The standard InChI is InChI=1S/C16H31NO/c1-6-7-13-8-9-18-16(17-13)11-14(2,3)10-15(4,5)12-16/h13,17H,6-12H2,1-5H3. The van der Waals surface area contributed by atoms with Gasteiger partial charge in [0.25, 0.3) is 0 Å². The van der Waals surface area contributed by atoms with Crippen molar-refractivity contribution in [1.29, 1.82) is 0 Å². The average Bonchev–Trinajstić information content (AvgIpc) is 2.11. The van der Waals surface area contributed by atoms with Crippen LogP contribution in [0.4, 0.5) is 0 Å². The van der Waals surface area contributed by atoms with E-state index in [2.05, 4.69) is 39.9 Å². The third kappa shape index (κ3) is 3.27. The number of rotatable bonds is 2. The fraction of sp³-hybridized carbons (Fsp3) is 1.00. The van der Waals surface area contributed by atoms with E-state index in [9.17, 15) is 0 Å². The highest BCUT2D eigenvalue weighted by molar-refractivity contribution is 5.00. The predicted molar refractivity (Wildman–Crippen MR) is 76.5 cm³/mol. The Morgan fingerprint density at radius 3 is 2.22 bits per heavy atom. The zero-order chi connectivity index (χ0) is 13.4. The molecule has 0 aromatic rings. The van der Waals surface area contributed by atoms with Gasteiger partial charge in [0.1, 0.15) is 5.72 Å². The molecule has 1 spiro atoms. The van der Waals surface area contributed by atoms with Crippen LogP contribution >= 0.6 is 0 Å². The summed E-state index contributed by atoms with van der Waals surface area (Å²) in [6, 6.07) is 0.661. The van der Waals surface area contributed by atoms with Crippen LogP contribution in [-0.2, 0) is 4.74 Å². The summed E-state index contributed by atoms with van der Waals surface area (Å²) in [5.74, 6) is 0. The van der Waals surface area contributed by atoms with E-state index in [0.717, 1.165) is 19.4 Å². The first-order valence-corrected chi connectivity index (χ1v) is 7.68. The molecule has 2 fully saturated rings. The second-order valence-corrected chi connectivity index (χ2v) is 8.12. The van der Waals surface area contributed by atoms with Crippen LogP contribution in [0.25, 0.3) is 0 Å². The summed E-state index contributed by atoms with van der Waals surface area (Å²) in [7, 11) is 0. The number of ether oxygens (including phenoxy) is 1. The summed E-state index contributed by atoms with van der Waals surface area (Å²) in [5.41, 5.74) is 0.703. The lowest BCUT2D eigenvalue weighted by Gasteiger charge is -2.54. The zero-order valence-corrected chi connectivity index (χ0v) is 12.9. The molecule has 1 aliphatic carbocycles. The molecule has 1 saturated carbocycles. The first kappa shape index (κ1) is 14.3. The Hall–Kier alpha value is -0.0800. The summed E-state index contributed by atoms with van der Waals surface area (Å²) >= 11 is 0. The summed E-state index contributed by atoms with van der Waals surface area (Å²) in [6.07, 6.45) is 7.33. The molecule has 1 saturated heterocycles. The molecular formula is C16H31NO. The third-order valence-electron chi connectivity index (χ3n) is 4.43. The first-order chi connectivity index (χ1) is 8.26. The molecular weight excluding hydrogens is 222 g/mol. The van der Waals surface area contributed by atoms with Crippen molar-refractivity contribution in [2.75, 3.05) is 6.61 Å². The quantitative estimate of drug-likeness (QED) is 0.800. The van der Waals surface area contributed by atoms with Gasteiger partial charge in [-0.1, -0.05) is 41.0 Å². The van der Waals surface area contributed by atoms with Crippen LogP contribution < -0.4 is 5.32 Å². The number of hydrogen-bond donors (Lipinski definition) is 1. The van der Waals surface area contributed by atoms with E-state index >= 15 is 0 Å². The van der Waals surface area contributed by atoms with Crippen LogP contribution in [0.1, 0.15) is 73.1 Å². The van der Waals surface area contributed by atoms with Gasteiger partial charge in [-0.3, -0.25) is 5.32 Å². The topological polar surface area (TPSA) is 21.3 Å². The van der Waals surface area contributed by atoms with Crippen molar-refractivity contribution in [3.8, 4) is 0 Å². The molecule has 1 aliphatic heterocycles. The van der Waals surface area contributed by atoms with E-state index in [0.29, 0.717) is 16.9 Å².